The molecule has 1 unspecified atom stereocenters. The van der Waals surface area contributed by atoms with E-state index >= 15 is 0 Å². The highest BCUT2D eigenvalue weighted by Gasteiger charge is 2.36. The van der Waals surface area contributed by atoms with Gasteiger partial charge in [0.1, 0.15) is 0 Å². The number of fused-ring (bicyclic) bond motifs is 1. The molecular formula is C18H19N3O3. The molecule has 124 valence electrons. The van der Waals surface area contributed by atoms with Crippen molar-refractivity contribution in [3.8, 4) is 0 Å². The minimum atomic E-state index is -0.351. The van der Waals surface area contributed by atoms with Crippen molar-refractivity contribution in [1.29, 1.82) is 0 Å². The number of carbonyl (C=O) groups is 3. The largest absolute Gasteiger partial charge is 0.299 e. The maximum Gasteiger partial charge on any atom is 0.250 e. The number of hydrogen-bond donors (Lipinski definition) is 1. The molecule has 1 saturated heterocycles. The van der Waals surface area contributed by atoms with Crippen LogP contribution < -0.4 is 10.3 Å². The lowest BCUT2D eigenvalue weighted by Gasteiger charge is -2.23. The van der Waals surface area contributed by atoms with Gasteiger partial charge >= 0.3 is 0 Å². The molecule has 3 rings (SSSR count). The van der Waals surface area contributed by atoms with Crippen LogP contribution in [0.5, 0.6) is 0 Å². The Labute approximate surface area is 140 Å². The standard InChI is InChI=1S/C18H19N3O3/c1-12(22)21(13(2)23)17-10-6-3-7-14(17)11-20-18(24)15-8-4-5-9-16(15)19-20/h3-7,9-10,15,19H,8,11H2,1-2H3. The second kappa shape index (κ2) is 6.31. The number of hydrazine groups is 1. The van der Waals surface area contributed by atoms with E-state index in [1.165, 1.54) is 13.8 Å². The normalized spacial score (nSPS) is 18.8. The molecule has 0 bridgehead atoms. The lowest BCUT2D eigenvalue weighted by atomic mass is 9.98. The average Bonchev–Trinajstić information content (AvgIpc) is 2.85. The van der Waals surface area contributed by atoms with Crippen LogP contribution in [0.15, 0.2) is 48.2 Å². The number of para-hydroxylation sites is 1. The van der Waals surface area contributed by atoms with E-state index in [9.17, 15) is 14.4 Å². The third kappa shape index (κ3) is 2.82. The molecule has 2 aliphatic rings. The molecule has 6 heteroatoms. The molecular weight excluding hydrogens is 306 g/mol. The predicted octanol–water partition coefficient (Wildman–Crippen LogP) is 1.89. The van der Waals surface area contributed by atoms with E-state index in [-0.39, 0.29) is 30.2 Å². The van der Waals surface area contributed by atoms with Crippen LogP contribution in [0.2, 0.25) is 0 Å². The Balaban J connectivity index is 1.88. The van der Waals surface area contributed by atoms with Gasteiger partial charge in [-0.2, -0.15) is 0 Å². The number of carbonyl (C=O) groups excluding carboxylic acids is 3. The molecule has 1 aromatic carbocycles. The summed E-state index contributed by atoms with van der Waals surface area (Å²) < 4.78 is 0. The van der Waals surface area contributed by atoms with Crippen LogP contribution in [0.4, 0.5) is 5.69 Å². The van der Waals surface area contributed by atoms with E-state index in [1.54, 1.807) is 17.1 Å². The Hall–Kier alpha value is -2.89. The molecule has 0 aromatic heterocycles. The van der Waals surface area contributed by atoms with Crippen LogP contribution >= 0.6 is 0 Å². The minimum absolute atomic E-state index is 0.00222. The number of imide groups is 1. The zero-order chi connectivity index (χ0) is 17.3. The molecule has 1 heterocycles. The molecule has 3 amide bonds. The number of hydrogen-bond acceptors (Lipinski definition) is 4. The minimum Gasteiger partial charge on any atom is -0.299 e. The van der Waals surface area contributed by atoms with Gasteiger partial charge in [0.25, 0.3) is 5.91 Å². The molecule has 0 saturated carbocycles. The van der Waals surface area contributed by atoms with Crippen molar-refractivity contribution in [2.75, 3.05) is 4.90 Å². The fourth-order valence-corrected chi connectivity index (χ4v) is 3.09. The maximum atomic E-state index is 12.5. The van der Waals surface area contributed by atoms with Crippen LogP contribution in [0.1, 0.15) is 25.8 Å². The van der Waals surface area contributed by atoms with E-state index in [2.05, 4.69) is 5.43 Å². The second-order valence-electron chi connectivity index (χ2n) is 5.88. The first kappa shape index (κ1) is 16.0. The fourth-order valence-electron chi connectivity index (χ4n) is 3.09. The molecule has 1 aliphatic heterocycles. The summed E-state index contributed by atoms with van der Waals surface area (Å²) in [6.45, 7) is 2.98. The summed E-state index contributed by atoms with van der Waals surface area (Å²) >= 11 is 0. The topological polar surface area (TPSA) is 69.7 Å². The van der Waals surface area contributed by atoms with Gasteiger partial charge in [0.15, 0.2) is 0 Å². The molecule has 1 atom stereocenters. The number of anilines is 1. The molecule has 1 aliphatic carbocycles. The first-order chi connectivity index (χ1) is 11.5. The highest BCUT2D eigenvalue weighted by molar-refractivity contribution is 6.13. The number of nitrogens with one attached hydrogen (secondary N) is 1. The smallest absolute Gasteiger partial charge is 0.250 e. The quantitative estimate of drug-likeness (QED) is 0.921. The van der Waals surface area contributed by atoms with Crippen molar-refractivity contribution in [3.05, 3.63) is 53.8 Å². The molecule has 24 heavy (non-hydrogen) atoms. The molecule has 0 spiro atoms. The van der Waals surface area contributed by atoms with E-state index in [0.29, 0.717) is 12.1 Å². The summed E-state index contributed by atoms with van der Waals surface area (Å²) in [7, 11) is 0. The maximum absolute atomic E-state index is 12.5. The van der Waals surface area contributed by atoms with E-state index in [0.717, 1.165) is 16.2 Å². The molecule has 1 aromatic rings. The van der Waals surface area contributed by atoms with Crippen LogP contribution in [0, 0.1) is 5.92 Å². The van der Waals surface area contributed by atoms with Gasteiger partial charge in [-0.25, -0.2) is 0 Å². The summed E-state index contributed by atoms with van der Waals surface area (Å²) in [5, 5.41) is 1.54. The van der Waals surface area contributed by atoms with Gasteiger partial charge in [-0.1, -0.05) is 30.4 Å². The third-order valence-corrected chi connectivity index (χ3v) is 4.18. The van der Waals surface area contributed by atoms with Gasteiger partial charge in [-0.3, -0.25) is 29.7 Å². The third-order valence-electron chi connectivity index (χ3n) is 4.18. The number of nitrogens with zero attached hydrogens (tertiary/aromatic N) is 2. The Morgan fingerprint density at radius 1 is 1.25 bits per heavy atom. The molecule has 1 fully saturated rings. The first-order valence-corrected chi connectivity index (χ1v) is 7.83. The van der Waals surface area contributed by atoms with Crippen LogP contribution in [-0.4, -0.2) is 22.7 Å². The highest BCUT2D eigenvalue weighted by Crippen LogP contribution is 2.29. The van der Waals surface area contributed by atoms with Crippen LogP contribution in [0.3, 0.4) is 0 Å². The van der Waals surface area contributed by atoms with Gasteiger partial charge in [-0.15, -0.1) is 0 Å². The summed E-state index contributed by atoms with van der Waals surface area (Å²) in [6.07, 6.45) is 6.48. The van der Waals surface area contributed by atoms with Crippen LogP contribution in [0.25, 0.3) is 0 Å². The highest BCUT2D eigenvalue weighted by atomic mass is 16.2. The molecule has 0 radical (unpaired) electrons. The SMILES string of the molecule is CC(=O)N(C(C)=O)c1ccccc1CN1NC2=CC=CCC2C1=O. The summed E-state index contributed by atoms with van der Waals surface area (Å²) in [4.78, 5) is 37.3. The summed E-state index contributed by atoms with van der Waals surface area (Å²) in [5.41, 5.74) is 5.25. The van der Waals surface area contributed by atoms with Crippen LogP contribution in [-0.2, 0) is 20.9 Å². The van der Waals surface area contributed by atoms with Gasteiger partial charge in [0, 0.05) is 19.5 Å². The van der Waals surface area contributed by atoms with Crippen molar-refractivity contribution in [2.24, 2.45) is 5.92 Å². The molecule has 6 nitrogen and oxygen atoms in total. The summed E-state index contributed by atoms with van der Waals surface area (Å²) in [6, 6.07) is 7.12. The Morgan fingerprint density at radius 2 is 1.96 bits per heavy atom. The zero-order valence-electron chi connectivity index (χ0n) is 13.7. The average molecular weight is 325 g/mol. The number of amides is 3. The van der Waals surface area contributed by atoms with E-state index < -0.39 is 0 Å². The summed E-state index contributed by atoms with van der Waals surface area (Å²) in [5.74, 6) is -0.871. The second-order valence-corrected chi connectivity index (χ2v) is 5.88. The Morgan fingerprint density at radius 3 is 2.62 bits per heavy atom. The van der Waals surface area contributed by atoms with Crippen molar-refractivity contribution < 1.29 is 14.4 Å². The number of benzene rings is 1. The lowest BCUT2D eigenvalue weighted by Crippen LogP contribution is -2.37. The van der Waals surface area contributed by atoms with Gasteiger partial charge in [0.2, 0.25) is 11.8 Å². The Bertz CT molecular complexity index is 753. The lowest BCUT2D eigenvalue weighted by molar-refractivity contribution is -0.133. The molecule has 1 N–H and O–H groups in total. The van der Waals surface area contributed by atoms with Crippen molar-refractivity contribution in [3.63, 3.8) is 0 Å². The number of rotatable bonds is 3. The first-order valence-electron chi connectivity index (χ1n) is 7.83. The monoisotopic (exact) mass is 325 g/mol. The van der Waals surface area contributed by atoms with Crippen molar-refractivity contribution in [1.82, 2.24) is 10.4 Å². The number of allylic oxidation sites excluding steroid dienone is 3. The van der Waals surface area contributed by atoms with Gasteiger partial charge in [-0.05, 0) is 24.1 Å². The fraction of sp³-hybridized carbons (Fsp3) is 0.278. The zero-order valence-corrected chi connectivity index (χ0v) is 13.7. The van der Waals surface area contributed by atoms with E-state index in [1.807, 2.05) is 30.4 Å². The predicted molar refractivity (Wildman–Crippen MR) is 89.3 cm³/mol. The van der Waals surface area contributed by atoms with Gasteiger partial charge in [0.05, 0.1) is 18.2 Å². The van der Waals surface area contributed by atoms with E-state index in [4.69, 9.17) is 0 Å². The van der Waals surface area contributed by atoms with Crippen molar-refractivity contribution in [2.45, 2.75) is 26.8 Å². The Kier molecular flexibility index (Phi) is 4.20. The van der Waals surface area contributed by atoms with Gasteiger partial charge < -0.3 is 0 Å². The van der Waals surface area contributed by atoms with Crippen molar-refractivity contribution >= 4 is 23.4 Å².